The van der Waals surface area contributed by atoms with E-state index in [9.17, 15) is 9.59 Å². The molecule has 0 heterocycles. The number of nitrogens with two attached hydrogens (primary N) is 2. The number of ether oxygens (including phenoxy) is 6. The van der Waals surface area contributed by atoms with Crippen LogP contribution in [0, 0.1) is 0 Å². The maximum absolute atomic E-state index is 10.4. The summed E-state index contributed by atoms with van der Waals surface area (Å²) in [4.78, 5) is 20.8. The Morgan fingerprint density at radius 2 is 0.667 bits per heavy atom. The molecular weight excluding hydrogens is 324 g/mol. The average molecular weight is 352 g/mol. The van der Waals surface area contributed by atoms with Gasteiger partial charge in [-0.3, -0.25) is 9.59 Å². The second kappa shape index (κ2) is 18.0. The highest BCUT2D eigenvalue weighted by Crippen LogP contribution is 1.84. The quantitative estimate of drug-likeness (QED) is 0.256. The lowest BCUT2D eigenvalue weighted by atomic mass is 10.6. The highest BCUT2D eigenvalue weighted by Gasteiger charge is 1.96. The Morgan fingerprint density at radius 1 is 0.458 bits per heavy atom. The van der Waals surface area contributed by atoms with Crippen molar-refractivity contribution in [2.45, 2.75) is 0 Å². The number of primary amides is 2. The summed E-state index contributed by atoms with van der Waals surface area (Å²) < 4.78 is 30.9. The molecule has 0 atom stereocenters. The molecule has 0 aromatic carbocycles. The number of carbonyl (C=O) groups excluding carboxylic acids is 2. The fraction of sp³-hybridized carbons (Fsp3) is 0.857. The number of rotatable bonds is 19. The van der Waals surface area contributed by atoms with Crippen LogP contribution >= 0.6 is 0 Å². The molecule has 0 unspecified atom stereocenters. The molecule has 0 aromatic heterocycles. The zero-order valence-corrected chi connectivity index (χ0v) is 13.9. The minimum atomic E-state index is -0.500. The SMILES string of the molecule is NC(=O)COCCOCCOCCOCCOCCOCC(N)=O. The van der Waals surface area contributed by atoms with Gasteiger partial charge in [0.1, 0.15) is 13.2 Å². The molecule has 0 aliphatic heterocycles. The molecule has 24 heavy (non-hydrogen) atoms. The van der Waals surface area contributed by atoms with Crippen LogP contribution in [-0.2, 0) is 38.0 Å². The lowest BCUT2D eigenvalue weighted by Crippen LogP contribution is -2.20. The first-order valence-corrected chi connectivity index (χ1v) is 7.66. The van der Waals surface area contributed by atoms with Crippen molar-refractivity contribution in [3.05, 3.63) is 0 Å². The van der Waals surface area contributed by atoms with Crippen LogP contribution in [0.4, 0.5) is 0 Å². The van der Waals surface area contributed by atoms with Crippen molar-refractivity contribution in [2.75, 3.05) is 79.3 Å². The van der Waals surface area contributed by atoms with E-state index in [-0.39, 0.29) is 13.2 Å². The summed E-state index contributed by atoms with van der Waals surface area (Å²) in [6.45, 7) is 3.91. The highest BCUT2D eigenvalue weighted by molar-refractivity contribution is 5.75. The summed E-state index contributed by atoms with van der Waals surface area (Å²) in [7, 11) is 0. The molecule has 10 heteroatoms. The number of amides is 2. The zero-order chi connectivity index (χ0) is 17.9. The van der Waals surface area contributed by atoms with E-state index in [1.54, 1.807) is 0 Å². The zero-order valence-electron chi connectivity index (χ0n) is 13.9. The van der Waals surface area contributed by atoms with Gasteiger partial charge in [0.25, 0.3) is 0 Å². The summed E-state index contributed by atoms with van der Waals surface area (Å²) in [6.07, 6.45) is 0. The monoisotopic (exact) mass is 352 g/mol. The van der Waals surface area contributed by atoms with Gasteiger partial charge in [0.15, 0.2) is 0 Å². The van der Waals surface area contributed by atoms with E-state index in [2.05, 4.69) is 0 Å². The van der Waals surface area contributed by atoms with Gasteiger partial charge in [-0.15, -0.1) is 0 Å². The molecule has 0 aromatic rings. The van der Waals surface area contributed by atoms with E-state index in [0.29, 0.717) is 66.1 Å². The minimum absolute atomic E-state index is 0.0959. The summed E-state index contributed by atoms with van der Waals surface area (Å²) >= 11 is 0. The van der Waals surface area contributed by atoms with Crippen LogP contribution in [-0.4, -0.2) is 91.1 Å². The predicted molar refractivity (Wildman–Crippen MR) is 83.3 cm³/mol. The summed E-state index contributed by atoms with van der Waals surface area (Å²) in [5.41, 5.74) is 9.81. The molecule has 0 bridgehead atoms. The Kier molecular flexibility index (Phi) is 17.1. The van der Waals surface area contributed by atoms with Crippen molar-refractivity contribution < 1.29 is 38.0 Å². The van der Waals surface area contributed by atoms with Crippen LogP contribution in [0.5, 0.6) is 0 Å². The second-order valence-corrected chi connectivity index (χ2v) is 4.49. The Balaban J connectivity index is 3.00. The predicted octanol–water partition coefficient (Wildman–Crippen LogP) is -1.94. The lowest BCUT2D eigenvalue weighted by Gasteiger charge is -2.07. The smallest absolute Gasteiger partial charge is 0.243 e. The molecule has 2 amide bonds. The molecule has 4 N–H and O–H groups in total. The van der Waals surface area contributed by atoms with E-state index in [1.165, 1.54) is 0 Å². The van der Waals surface area contributed by atoms with Gasteiger partial charge < -0.3 is 39.9 Å². The van der Waals surface area contributed by atoms with Gasteiger partial charge in [0, 0.05) is 0 Å². The maximum Gasteiger partial charge on any atom is 0.243 e. The molecule has 0 aliphatic rings. The van der Waals surface area contributed by atoms with Crippen molar-refractivity contribution in [3.8, 4) is 0 Å². The van der Waals surface area contributed by atoms with Crippen LogP contribution in [0.3, 0.4) is 0 Å². The molecule has 0 aliphatic carbocycles. The van der Waals surface area contributed by atoms with Gasteiger partial charge in [-0.25, -0.2) is 0 Å². The third kappa shape index (κ3) is 20.7. The van der Waals surface area contributed by atoms with Crippen molar-refractivity contribution >= 4 is 11.8 Å². The molecule has 0 fully saturated rings. The average Bonchev–Trinajstić information content (AvgIpc) is 2.53. The van der Waals surface area contributed by atoms with Crippen LogP contribution < -0.4 is 11.5 Å². The molecule has 142 valence electrons. The first-order chi connectivity index (χ1) is 11.6. The number of carbonyl (C=O) groups is 2. The third-order valence-corrected chi connectivity index (χ3v) is 2.35. The van der Waals surface area contributed by atoms with Crippen LogP contribution in [0.2, 0.25) is 0 Å². The fourth-order valence-electron chi connectivity index (χ4n) is 1.34. The standard InChI is InChI=1S/C14H28N2O8/c15-13(17)11-23-9-7-21-5-3-19-1-2-20-4-6-22-8-10-24-12-14(16)18/h1-12H2,(H2,15,17)(H2,16,18). The normalized spacial score (nSPS) is 10.8. The van der Waals surface area contributed by atoms with E-state index >= 15 is 0 Å². The van der Waals surface area contributed by atoms with E-state index in [1.807, 2.05) is 0 Å². The topological polar surface area (TPSA) is 142 Å². The van der Waals surface area contributed by atoms with Crippen LogP contribution in [0.15, 0.2) is 0 Å². The van der Waals surface area contributed by atoms with Crippen molar-refractivity contribution in [1.82, 2.24) is 0 Å². The van der Waals surface area contributed by atoms with Gasteiger partial charge in [0.2, 0.25) is 11.8 Å². The Hall–Kier alpha value is -1.30. The van der Waals surface area contributed by atoms with Gasteiger partial charge in [0.05, 0.1) is 66.1 Å². The van der Waals surface area contributed by atoms with E-state index in [4.69, 9.17) is 39.9 Å². The van der Waals surface area contributed by atoms with E-state index in [0.717, 1.165) is 0 Å². The largest absolute Gasteiger partial charge is 0.377 e. The van der Waals surface area contributed by atoms with Gasteiger partial charge in [-0.2, -0.15) is 0 Å². The molecule has 0 spiro atoms. The lowest BCUT2D eigenvalue weighted by molar-refractivity contribution is -0.123. The molecule has 10 nitrogen and oxygen atoms in total. The van der Waals surface area contributed by atoms with E-state index < -0.39 is 11.8 Å². The Labute approximate surface area is 141 Å². The maximum atomic E-state index is 10.4. The Bertz CT molecular complexity index is 287. The summed E-state index contributed by atoms with van der Waals surface area (Å²) in [6, 6.07) is 0. The highest BCUT2D eigenvalue weighted by atomic mass is 16.6. The summed E-state index contributed by atoms with van der Waals surface area (Å²) in [5, 5.41) is 0. The molecule has 0 rings (SSSR count). The molecular formula is C14H28N2O8. The van der Waals surface area contributed by atoms with Crippen molar-refractivity contribution in [3.63, 3.8) is 0 Å². The van der Waals surface area contributed by atoms with Crippen molar-refractivity contribution in [2.24, 2.45) is 11.5 Å². The molecule has 0 saturated carbocycles. The van der Waals surface area contributed by atoms with Gasteiger partial charge in [-0.1, -0.05) is 0 Å². The summed E-state index contributed by atoms with van der Waals surface area (Å²) in [5.74, 6) is -1.000. The van der Waals surface area contributed by atoms with Gasteiger partial charge >= 0.3 is 0 Å². The second-order valence-electron chi connectivity index (χ2n) is 4.49. The fourth-order valence-corrected chi connectivity index (χ4v) is 1.34. The minimum Gasteiger partial charge on any atom is -0.377 e. The third-order valence-electron chi connectivity index (χ3n) is 2.35. The molecule has 0 radical (unpaired) electrons. The Morgan fingerprint density at radius 3 is 0.875 bits per heavy atom. The van der Waals surface area contributed by atoms with Crippen molar-refractivity contribution in [1.29, 1.82) is 0 Å². The first kappa shape index (κ1) is 22.7. The van der Waals surface area contributed by atoms with Crippen LogP contribution in [0.25, 0.3) is 0 Å². The molecule has 0 saturated heterocycles. The first-order valence-electron chi connectivity index (χ1n) is 7.66. The van der Waals surface area contributed by atoms with Crippen LogP contribution in [0.1, 0.15) is 0 Å². The number of hydrogen-bond donors (Lipinski definition) is 2. The van der Waals surface area contributed by atoms with Gasteiger partial charge in [-0.05, 0) is 0 Å². The number of hydrogen-bond acceptors (Lipinski definition) is 8.